The van der Waals surface area contributed by atoms with Gasteiger partial charge in [0.1, 0.15) is 17.5 Å². The minimum absolute atomic E-state index is 0.184. The van der Waals surface area contributed by atoms with E-state index in [-0.39, 0.29) is 17.8 Å². The van der Waals surface area contributed by atoms with Crippen LogP contribution < -0.4 is 19.7 Å². The summed E-state index contributed by atoms with van der Waals surface area (Å²) in [6.07, 6.45) is 4.79. The number of nitrogens with zero attached hydrogens (tertiary/aromatic N) is 3. The molecule has 1 aliphatic rings. The smallest absolute Gasteiger partial charge is 0.229 e. The fourth-order valence-corrected chi connectivity index (χ4v) is 5.44. The number of hydrogen-bond donors (Lipinski definition) is 3. The maximum absolute atomic E-state index is 11.8. The Bertz CT molecular complexity index is 1540. The van der Waals surface area contributed by atoms with E-state index in [9.17, 15) is 13.5 Å². The molecule has 2 aromatic carbocycles. The van der Waals surface area contributed by atoms with E-state index in [2.05, 4.69) is 15.0 Å². The third kappa shape index (κ3) is 4.95. The van der Waals surface area contributed by atoms with Crippen LogP contribution in [0.1, 0.15) is 23.5 Å². The summed E-state index contributed by atoms with van der Waals surface area (Å²) in [7, 11) is -2.01. The Hall–Kier alpha value is -4.09. The number of benzene rings is 2. The lowest BCUT2D eigenvalue weighted by molar-refractivity contribution is 0.417. The van der Waals surface area contributed by atoms with E-state index in [1.165, 1.54) is 7.11 Å². The van der Waals surface area contributed by atoms with E-state index in [1.807, 2.05) is 58.1 Å². The zero-order chi connectivity index (χ0) is 26.2. The molecule has 0 saturated carbocycles. The van der Waals surface area contributed by atoms with Gasteiger partial charge in [0.2, 0.25) is 10.0 Å². The quantitative estimate of drug-likeness (QED) is 0.303. The topological polar surface area (TPSA) is 109 Å². The minimum atomic E-state index is -3.49. The van der Waals surface area contributed by atoms with Crippen LogP contribution in [0.25, 0.3) is 5.69 Å². The van der Waals surface area contributed by atoms with Crippen LogP contribution in [0.2, 0.25) is 0 Å². The van der Waals surface area contributed by atoms with Crippen molar-refractivity contribution in [2.24, 2.45) is 0 Å². The van der Waals surface area contributed by atoms with E-state index in [0.29, 0.717) is 16.5 Å². The third-order valence-corrected chi connectivity index (χ3v) is 6.97. The fourth-order valence-electron chi connectivity index (χ4n) is 4.53. The van der Waals surface area contributed by atoms with Gasteiger partial charge in [0, 0.05) is 35.5 Å². The minimum Gasteiger partial charge on any atom is -0.508 e. The van der Waals surface area contributed by atoms with Crippen molar-refractivity contribution in [3.05, 3.63) is 96.6 Å². The van der Waals surface area contributed by atoms with Gasteiger partial charge in [0.25, 0.3) is 0 Å². The number of pyridine rings is 1. The van der Waals surface area contributed by atoms with Gasteiger partial charge in [-0.05, 0) is 72.9 Å². The Labute approximate surface area is 220 Å². The predicted octanol–water partition coefficient (Wildman–Crippen LogP) is 4.14. The molecule has 5 rings (SSSR count). The van der Waals surface area contributed by atoms with Crippen LogP contribution in [0, 0.1) is 0 Å². The molecule has 0 spiro atoms. The molecule has 1 fully saturated rings. The highest BCUT2D eigenvalue weighted by Crippen LogP contribution is 2.44. The molecule has 0 aliphatic carbocycles. The number of anilines is 2. The molecule has 3 N–H and O–H groups in total. The van der Waals surface area contributed by atoms with Crippen LogP contribution in [0.15, 0.2) is 85.2 Å². The van der Waals surface area contributed by atoms with E-state index in [4.69, 9.17) is 17.0 Å². The van der Waals surface area contributed by atoms with Crippen molar-refractivity contribution in [1.82, 2.24) is 14.9 Å². The van der Waals surface area contributed by atoms with E-state index < -0.39 is 10.0 Å². The van der Waals surface area contributed by atoms with Crippen molar-refractivity contribution in [2.45, 2.75) is 12.1 Å². The standard InChI is InChI=1S/C26H25N5O4S2/c1-35-23-16-18(10-13-20(23)29-37(2,33)34)31-25(24(28-26(31)36)21-6-3-4-14-27-21)22-7-5-15-30(22)17-8-11-19(32)12-9-17/h3-16,24-25,29,32H,1-2H3,(H,28,36)/t24-,25+/m0/s1. The summed E-state index contributed by atoms with van der Waals surface area (Å²) in [6.45, 7) is 0. The lowest BCUT2D eigenvalue weighted by Gasteiger charge is -2.29. The van der Waals surface area contributed by atoms with Gasteiger partial charge < -0.3 is 24.6 Å². The zero-order valence-corrected chi connectivity index (χ0v) is 21.7. The van der Waals surface area contributed by atoms with Crippen molar-refractivity contribution in [3.63, 3.8) is 0 Å². The average molecular weight is 536 g/mol. The number of rotatable bonds is 7. The molecule has 0 unspecified atom stereocenters. The third-order valence-electron chi connectivity index (χ3n) is 6.07. The van der Waals surface area contributed by atoms with Crippen LogP contribution in [-0.4, -0.2) is 41.6 Å². The predicted molar refractivity (Wildman–Crippen MR) is 147 cm³/mol. The van der Waals surface area contributed by atoms with E-state index in [0.717, 1.165) is 29.0 Å². The number of aromatic hydroxyl groups is 1. The Morgan fingerprint density at radius 2 is 1.81 bits per heavy atom. The first-order valence-corrected chi connectivity index (χ1v) is 13.7. The first kappa shape index (κ1) is 24.6. The molecular formula is C26H25N5O4S2. The summed E-state index contributed by atoms with van der Waals surface area (Å²) in [5.41, 5.74) is 3.68. The van der Waals surface area contributed by atoms with Crippen molar-refractivity contribution in [3.8, 4) is 17.2 Å². The molecule has 1 saturated heterocycles. The summed E-state index contributed by atoms with van der Waals surface area (Å²) >= 11 is 5.82. The normalized spacial score (nSPS) is 17.5. The number of methoxy groups -OCH3 is 1. The molecule has 37 heavy (non-hydrogen) atoms. The van der Waals surface area contributed by atoms with Crippen molar-refractivity contribution in [1.29, 1.82) is 0 Å². The largest absolute Gasteiger partial charge is 0.508 e. The molecule has 190 valence electrons. The molecule has 0 amide bonds. The highest BCUT2D eigenvalue weighted by atomic mass is 32.2. The first-order valence-electron chi connectivity index (χ1n) is 11.4. The number of thiocarbonyl (C=S) groups is 1. The number of ether oxygens (including phenoxy) is 1. The van der Waals surface area contributed by atoms with Gasteiger partial charge in [0.05, 0.1) is 30.8 Å². The molecule has 3 heterocycles. The maximum Gasteiger partial charge on any atom is 0.229 e. The van der Waals surface area contributed by atoms with Gasteiger partial charge in [-0.3, -0.25) is 9.71 Å². The van der Waals surface area contributed by atoms with Gasteiger partial charge in [-0.2, -0.15) is 0 Å². The van der Waals surface area contributed by atoms with Gasteiger partial charge in [-0.15, -0.1) is 0 Å². The van der Waals surface area contributed by atoms with Gasteiger partial charge in [0.15, 0.2) is 5.11 Å². The Morgan fingerprint density at radius 1 is 1.05 bits per heavy atom. The van der Waals surface area contributed by atoms with Gasteiger partial charge >= 0.3 is 0 Å². The molecule has 0 bridgehead atoms. The first-order chi connectivity index (χ1) is 17.7. The highest BCUT2D eigenvalue weighted by molar-refractivity contribution is 7.92. The van der Waals surface area contributed by atoms with Gasteiger partial charge in [-0.25, -0.2) is 8.42 Å². The molecule has 1 aliphatic heterocycles. The Balaban J connectivity index is 1.64. The van der Waals surface area contributed by atoms with Crippen LogP contribution in [0.5, 0.6) is 11.5 Å². The number of phenols is 1. The number of phenolic OH excluding ortho intramolecular Hbond substituents is 1. The molecule has 2 aromatic heterocycles. The number of nitrogens with one attached hydrogen (secondary N) is 2. The van der Waals surface area contributed by atoms with Crippen LogP contribution in [-0.2, 0) is 10.0 Å². The van der Waals surface area contributed by atoms with Crippen molar-refractivity contribution < 1.29 is 18.3 Å². The molecular weight excluding hydrogens is 510 g/mol. The molecule has 2 atom stereocenters. The summed E-state index contributed by atoms with van der Waals surface area (Å²) in [6, 6.07) is 21.3. The highest BCUT2D eigenvalue weighted by Gasteiger charge is 2.42. The molecule has 9 nitrogen and oxygen atoms in total. The van der Waals surface area contributed by atoms with Crippen molar-refractivity contribution >= 4 is 38.7 Å². The fraction of sp³-hybridized carbons (Fsp3) is 0.154. The summed E-state index contributed by atoms with van der Waals surface area (Å²) in [5.74, 6) is 0.545. The second-order valence-electron chi connectivity index (χ2n) is 8.57. The maximum atomic E-state index is 11.8. The second-order valence-corrected chi connectivity index (χ2v) is 10.7. The number of aromatic nitrogens is 2. The molecule has 11 heteroatoms. The second kappa shape index (κ2) is 9.75. The van der Waals surface area contributed by atoms with E-state index >= 15 is 0 Å². The molecule has 0 radical (unpaired) electrons. The lowest BCUT2D eigenvalue weighted by atomic mass is 10.0. The van der Waals surface area contributed by atoms with E-state index in [1.54, 1.807) is 36.5 Å². The SMILES string of the molecule is COc1cc(N2C(=S)N[C@@H](c3ccccn3)[C@H]2c2cccn2-c2ccc(O)cc2)ccc1NS(C)(=O)=O. The van der Waals surface area contributed by atoms with Gasteiger partial charge in [-0.1, -0.05) is 6.07 Å². The van der Waals surface area contributed by atoms with Crippen LogP contribution >= 0.6 is 12.2 Å². The Kier molecular flexibility index (Phi) is 6.48. The number of hydrogen-bond acceptors (Lipinski definition) is 6. The summed E-state index contributed by atoms with van der Waals surface area (Å²) < 4.78 is 33.7. The zero-order valence-electron chi connectivity index (χ0n) is 20.1. The Morgan fingerprint density at radius 3 is 2.49 bits per heavy atom. The van der Waals surface area contributed by atoms with Crippen LogP contribution in [0.4, 0.5) is 11.4 Å². The van der Waals surface area contributed by atoms with Crippen LogP contribution in [0.3, 0.4) is 0 Å². The molecule has 4 aromatic rings. The number of sulfonamides is 1. The summed E-state index contributed by atoms with van der Waals surface area (Å²) in [5, 5.41) is 13.7. The monoisotopic (exact) mass is 535 g/mol. The lowest BCUT2D eigenvalue weighted by Crippen LogP contribution is -2.30. The average Bonchev–Trinajstić information content (AvgIpc) is 3.49. The van der Waals surface area contributed by atoms with Crippen molar-refractivity contribution in [2.75, 3.05) is 23.0 Å². The summed E-state index contributed by atoms with van der Waals surface area (Å²) in [4.78, 5) is 6.57.